The lowest BCUT2D eigenvalue weighted by atomic mass is 10.2. The summed E-state index contributed by atoms with van der Waals surface area (Å²) in [5.74, 6) is -0.272. The number of hydrogen-bond donors (Lipinski definition) is 2. The van der Waals surface area contributed by atoms with Crippen LogP contribution in [0.3, 0.4) is 0 Å². The molecule has 2 fully saturated rings. The van der Waals surface area contributed by atoms with Crippen molar-refractivity contribution in [1.82, 2.24) is 20.4 Å². The summed E-state index contributed by atoms with van der Waals surface area (Å²) in [7, 11) is 1.75. The van der Waals surface area contributed by atoms with Gasteiger partial charge in [0.2, 0.25) is 0 Å². The molecule has 1 aromatic rings. The molecule has 6 nitrogen and oxygen atoms in total. The van der Waals surface area contributed by atoms with Gasteiger partial charge >= 0.3 is 0 Å². The number of nitrogens with zero attached hydrogens (tertiary/aromatic N) is 4. The van der Waals surface area contributed by atoms with E-state index in [-0.39, 0.29) is 35.7 Å². The zero-order chi connectivity index (χ0) is 19.9. The van der Waals surface area contributed by atoms with E-state index in [1.807, 2.05) is 0 Å². The molecule has 3 rings (SSSR count). The fraction of sp³-hybridized carbons (Fsp3) is 0.650. The molecule has 0 radical (unpaired) electrons. The number of nitrogens with one attached hydrogen (secondary N) is 2. The maximum Gasteiger partial charge on any atom is 0.191 e. The van der Waals surface area contributed by atoms with Crippen LogP contribution in [-0.4, -0.2) is 87.8 Å². The highest BCUT2D eigenvalue weighted by molar-refractivity contribution is 14.0. The topological polar surface area (TPSA) is 46.1 Å². The van der Waals surface area contributed by atoms with Crippen LogP contribution >= 0.6 is 24.0 Å². The number of guanidine groups is 1. The van der Waals surface area contributed by atoms with Gasteiger partial charge in [0.1, 0.15) is 17.3 Å². The monoisotopic (exact) mass is 522 g/mol. The summed E-state index contributed by atoms with van der Waals surface area (Å²) in [6.45, 7) is 10.8. The Balaban J connectivity index is 0.00000300. The summed E-state index contributed by atoms with van der Waals surface area (Å²) in [5.41, 5.74) is 0.0703. The molecular formula is C20H33F2IN6. The molecule has 0 aromatic heterocycles. The number of benzene rings is 1. The van der Waals surface area contributed by atoms with Crippen LogP contribution in [0.4, 0.5) is 14.5 Å². The van der Waals surface area contributed by atoms with Crippen LogP contribution in [0.5, 0.6) is 0 Å². The molecule has 164 valence electrons. The van der Waals surface area contributed by atoms with E-state index in [9.17, 15) is 8.78 Å². The zero-order valence-corrected chi connectivity index (χ0v) is 19.7. The number of hydrogen-bond acceptors (Lipinski definition) is 4. The van der Waals surface area contributed by atoms with Gasteiger partial charge in [0.25, 0.3) is 0 Å². The molecule has 0 spiro atoms. The first-order valence-electron chi connectivity index (χ1n) is 10.2. The lowest BCUT2D eigenvalue weighted by molar-refractivity contribution is 0.139. The quantitative estimate of drug-likeness (QED) is 0.340. The van der Waals surface area contributed by atoms with Crippen molar-refractivity contribution < 1.29 is 8.78 Å². The van der Waals surface area contributed by atoms with E-state index in [1.165, 1.54) is 18.2 Å². The molecule has 0 bridgehead atoms. The van der Waals surface area contributed by atoms with Gasteiger partial charge in [0.05, 0.1) is 0 Å². The van der Waals surface area contributed by atoms with E-state index in [2.05, 4.69) is 32.3 Å². The molecule has 1 aromatic carbocycles. The molecule has 29 heavy (non-hydrogen) atoms. The Labute approximate surface area is 189 Å². The Kier molecular flexibility index (Phi) is 9.84. The van der Waals surface area contributed by atoms with E-state index >= 15 is 0 Å². The van der Waals surface area contributed by atoms with Crippen LogP contribution < -0.4 is 15.5 Å². The second-order valence-electron chi connectivity index (χ2n) is 7.42. The Morgan fingerprint density at radius 3 is 2.38 bits per heavy atom. The Morgan fingerprint density at radius 1 is 1.10 bits per heavy atom. The second-order valence-corrected chi connectivity index (χ2v) is 7.42. The van der Waals surface area contributed by atoms with E-state index in [0.717, 1.165) is 58.2 Å². The number of rotatable bonds is 6. The Bertz CT molecular complexity index is 646. The third kappa shape index (κ3) is 6.65. The molecule has 9 heteroatoms. The van der Waals surface area contributed by atoms with Gasteiger partial charge in [-0.3, -0.25) is 9.89 Å². The minimum atomic E-state index is -0.508. The fourth-order valence-corrected chi connectivity index (χ4v) is 3.92. The predicted octanol–water partition coefficient (Wildman–Crippen LogP) is 1.96. The molecule has 0 aliphatic carbocycles. The first kappa shape index (κ1) is 24.1. The van der Waals surface area contributed by atoms with Gasteiger partial charge in [-0.2, -0.15) is 0 Å². The van der Waals surface area contributed by atoms with Gasteiger partial charge in [-0.05, 0) is 25.1 Å². The van der Waals surface area contributed by atoms with Crippen LogP contribution in [0, 0.1) is 11.6 Å². The largest absolute Gasteiger partial charge is 0.365 e. The highest BCUT2D eigenvalue weighted by Crippen LogP contribution is 2.26. The van der Waals surface area contributed by atoms with E-state index < -0.39 is 11.6 Å². The van der Waals surface area contributed by atoms with Crippen LogP contribution in [-0.2, 0) is 0 Å². The highest BCUT2D eigenvalue weighted by atomic mass is 127. The second kappa shape index (κ2) is 11.8. The molecular weight excluding hydrogens is 489 g/mol. The molecule has 2 saturated heterocycles. The molecule has 2 aliphatic heterocycles. The summed E-state index contributed by atoms with van der Waals surface area (Å²) >= 11 is 0. The van der Waals surface area contributed by atoms with Gasteiger partial charge < -0.3 is 20.4 Å². The summed E-state index contributed by atoms with van der Waals surface area (Å²) in [4.78, 5) is 11.0. The maximum absolute atomic E-state index is 14.0. The van der Waals surface area contributed by atoms with Crippen molar-refractivity contribution in [3.8, 4) is 0 Å². The molecule has 2 aliphatic rings. The minimum absolute atomic E-state index is 0. The van der Waals surface area contributed by atoms with Gasteiger partial charge in [-0.1, -0.05) is 13.0 Å². The lowest BCUT2D eigenvalue weighted by Gasteiger charge is -2.34. The number of halogens is 3. The average molecular weight is 522 g/mol. The van der Waals surface area contributed by atoms with Gasteiger partial charge in [-0.15, -0.1) is 24.0 Å². The van der Waals surface area contributed by atoms with Crippen LogP contribution in [0.25, 0.3) is 0 Å². The van der Waals surface area contributed by atoms with Crippen LogP contribution in [0.15, 0.2) is 23.2 Å². The van der Waals surface area contributed by atoms with E-state index in [4.69, 9.17) is 0 Å². The van der Waals surface area contributed by atoms with Gasteiger partial charge in [0.15, 0.2) is 5.96 Å². The third-order valence-corrected chi connectivity index (χ3v) is 5.64. The fourth-order valence-electron chi connectivity index (χ4n) is 3.92. The molecule has 2 N–H and O–H groups in total. The molecule has 1 unspecified atom stereocenters. The summed E-state index contributed by atoms with van der Waals surface area (Å²) < 4.78 is 28.0. The van der Waals surface area contributed by atoms with Crippen molar-refractivity contribution >= 4 is 35.6 Å². The summed E-state index contributed by atoms with van der Waals surface area (Å²) in [5, 5.41) is 6.75. The maximum atomic E-state index is 14.0. The zero-order valence-electron chi connectivity index (χ0n) is 17.3. The predicted molar refractivity (Wildman–Crippen MR) is 125 cm³/mol. The number of aliphatic imine (C=N–C) groups is 1. The van der Waals surface area contributed by atoms with Crippen LogP contribution in [0.2, 0.25) is 0 Å². The third-order valence-electron chi connectivity index (χ3n) is 5.64. The Hall–Kier alpha value is -1.20. The standard InChI is InChI=1S/C20H32F2N6.HI/c1-3-26-11-13-27(14-12-26)10-8-24-20(23-2)25-16-7-9-28(15-16)19-17(21)5-4-6-18(19)22;/h4-6,16H,3,7-15H2,1-2H3,(H2,23,24,25);1H. The highest BCUT2D eigenvalue weighted by Gasteiger charge is 2.27. The molecule has 0 amide bonds. The molecule has 1 atom stereocenters. The molecule has 0 saturated carbocycles. The van der Waals surface area contributed by atoms with E-state index in [0.29, 0.717) is 13.1 Å². The van der Waals surface area contributed by atoms with Crippen molar-refractivity contribution in [2.45, 2.75) is 19.4 Å². The number of para-hydroxylation sites is 1. The van der Waals surface area contributed by atoms with Crippen molar-refractivity contribution in [3.63, 3.8) is 0 Å². The van der Waals surface area contributed by atoms with Crippen molar-refractivity contribution in [1.29, 1.82) is 0 Å². The minimum Gasteiger partial charge on any atom is -0.365 e. The van der Waals surface area contributed by atoms with Gasteiger partial charge in [-0.25, -0.2) is 8.78 Å². The van der Waals surface area contributed by atoms with Crippen LogP contribution in [0.1, 0.15) is 13.3 Å². The Morgan fingerprint density at radius 2 is 1.76 bits per heavy atom. The normalized spacial score (nSPS) is 21.2. The van der Waals surface area contributed by atoms with E-state index in [1.54, 1.807) is 11.9 Å². The average Bonchev–Trinajstić information content (AvgIpc) is 3.15. The van der Waals surface area contributed by atoms with Gasteiger partial charge in [0, 0.05) is 65.4 Å². The van der Waals surface area contributed by atoms with Crippen molar-refractivity contribution in [3.05, 3.63) is 29.8 Å². The number of anilines is 1. The van der Waals surface area contributed by atoms with Crippen molar-refractivity contribution in [2.24, 2.45) is 4.99 Å². The first-order chi connectivity index (χ1) is 13.6. The smallest absolute Gasteiger partial charge is 0.191 e. The molecule has 2 heterocycles. The lowest BCUT2D eigenvalue weighted by Crippen LogP contribution is -2.50. The SMILES string of the molecule is CCN1CCN(CCNC(=NC)NC2CCN(c3c(F)cccc3F)C2)CC1.I. The number of piperazine rings is 1. The van der Waals surface area contributed by atoms with Crippen molar-refractivity contribution in [2.75, 3.05) is 70.9 Å². The number of likely N-dealkylation sites (N-methyl/N-ethyl adjacent to an activating group) is 1. The summed E-state index contributed by atoms with van der Waals surface area (Å²) in [6, 6.07) is 4.12. The first-order valence-corrected chi connectivity index (χ1v) is 10.2. The summed E-state index contributed by atoms with van der Waals surface area (Å²) in [6.07, 6.45) is 0.813.